The van der Waals surface area contributed by atoms with E-state index in [4.69, 9.17) is 5.11 Å². The van der Waals surface area contributed by atoms with E-state index in [9.17, 15) is 22.8 Å². The number of nitrogens with one attached hydrogen (secondary N) is 1. The molecule has 1 unspecified atom stereocenters. The maximum atomic E-state index is 13.0. The van der Waals surface area contributed by atoms with Gasteiger partial charge in [-0.3, -0.25) is 9.59 Å². The van der Waals surface area contributed by atoms with Crippen molar-refractivity contribution in [2.75, 3.05) is 0 Å². The van der Waals surface area contributed by atoms with Crippen molar-refractivity contribution in [1.82, 2.24) is 5.32 Å². The van der Waals surface area contributed by atoms with E-state index < -0.39 is 35.1 Å². The number of benzene rings is 1. The fourth-order valence-electron chi connectivity index (χ4n) is 3.56. The van der Waals surface area contributed by atoms with Gasteiger partial charge in [-0.15, -0.1) is 0 Å². The summed E-state index contributed by atoms with van der Waals surface area (Å²) >= 11 is 0. The summed E-state index contributed by atoms with van der Waals surface area (Å²) in [6.45, 7) is 5.58. The molecule has 1 aromatic carbocycles. The van der Waals surface area contributed by atoms with Crippen molar-refractivity contribution in [3.8, 4) is 0 Å². The summed E-state index contributed by atoms with van der Waals surface area (Å²) in [5.74, 6) is -1.80. The van der Waals surface area contributed by atoms with Gasteiger partial charge in [0.05, 0.1) is 17.5 Å². The largest absolute Gasteiger partial charge is 0.481 e. The standard InChI is InChI=1S/C20H26F3NO3/c1-19(2,3)16(14-5-4-6-15(11-14)20(21,22)23)24-17(25)12-7-9-13(10-8-12)18(26)27/h4-6,11-13,16H,7-10H2,1-3H3,(H,24,25)(H,26,27). The second-order valence-corrected chi connectivity index (χ2v) is 8.32. The average Bonchev–Trinajstić information content (AvgIpc) is 2.58. The maximum Gasteiger partial charge on any atom is 0.416 e. The lowest BCUT2D eigenvalue weighted by molar-refractivity contribution is -0.144. The van der Waals surface area contributed by atoms with Gasteiger partial charge in [0.2, 0.25) is 5.91 Å². The van der Waals surface area contributed by atoms with Crippen LogP contribution in [0.5, 0.6) is 0 Å². The van der Waals surface area contributed by atoms with Crippen LogP contribution in [0, 0.1) is 17.3 Å². The van der Waals surface area contributed by atoms with Crippen LogP contribution < -0.4 is 5.32 Å². The predicted octanol–water partition coefficient (Wildman–Crippen LogP) is 4.80. The Kier molecular flexibility index (Phi) is 6.22. The molecule has 27 heavy (non-hydrogen) atoms. The third kappa shape index (κ3) is 5.47. The second-order valence-electron chi connectivity index (χ2n) is 8.32. The topological polar surface area (TPSA) is 66.4 Å². The summed E-state index contributed by atoms with van der Waals surface area (Å²) in [4.78, 5) is 23.8. The maximum absolute atomic E-state index is 13.0. The van der Waals surface area contributed by atoms with Gasteiger partial charge >= 0.3 is 12.1 Å². The van der Waals surface area contributed by atoms with Crippen molar-refractivity contribution >= 4 is 11.9 Å². The zero-order valence-electron chi connectivity index (χ0n) is 15.8. The molecule has 1 aliphatic carbocycles. The minimum absolute atomic E-state index is 0.226. The number of aliphatic carboxylic acids is 1. The molecule has 2 rings (SSSR count). The number of hydrogen-bond donors (Lipinski definition) is 2. The van der Waals surface area contributed by atoms with E-state index in [2.05, 4.69) is 5.32 Å². The SMILES string of the molecule is CC(C)(C)C(NC(=O)C1CCC(C(=O)O)CC1)c1cccc(C(F)(F)F)c1. The third-order valence-electron chi connectivity index (χ3n) is 5.15. The van der Waals surface area contributed by atoms with Crippen molar-refractivity contribution in [3.05, 3.63) is 35.4 Å². The second kappa shape index (κ2) is 7.90. The Labute approximate surface area is 157 Å². The molecule has 2 N–H and O–H groups in total. The van der Waals surface area contributed by atoms with E-state index in [1.54, 1.807) is 6.07 Å². The molecule has 1 fully saturated rings. The van der Waals surface area contributed by atoms with E-state index >= 15 is 0 Å². The van der Waals surface area contributed by atoms with E-state index in [1.807, 2.05) is 20.8 Å². The van der Waals surface area contributed by atoms with Gasteiger partial charge in [-0.1, -0.05) is 32.9 Å². The number of carboxylic acids is 1. The Balaban J connectivity index is 2.17. The Hall–Kier alpha value is -2.05. The minimum atomic E-state index is -4.45. The fourth-order valence-corrected chi connectivity index (χ4v) is 3.56. The highest BCUT2D eigenvalue weighted by Crippen LogP contribution is 2.37. The summed E-state index contributed by atoms with van der Waals surface area (Å²) in [7, 11) is 0. The molecule has 1 amide bonds. The van der Waals surface area contributed by atoms with E-state index in [-0.39, 0.29) is 11.8 Å². The van der Waals surface area contributed by atoms with Crippen LogP contribution in [0.2, 0.25) is 0 Å². The highest BCUT2D eigenvalue weighted by Gasteiger charge is 2.35. The number of carbonyl (C=O) groups excluding carboxylic acids is 1. The van der Waals surface area contributed by atoms with Crippen LogP contribution in [-0.2, 0) is 15.8 Å². The number of amides is 1. The van der Waals surface area contributed by atoms with Gasteiger partial charge in [-0.05, 0) is 48.8 Å². The van der Waals surface area contributed by atoms with Crippen molar-refractivity contribution in [2.45, 2.75) is 58.7 Å². The lowest BCUT2D eigenvalue weighted by atomic mass is 9.79. The van der Waals surface area contributed by atoms with E-state index in [0.717, 1.165) is 12.1 Å². The molecule has 0 aliphatic heterocycles. The van der Waals surface area contributed by atoms with Crippen molar-refractivity contribution < 1.29 is 27.9 Å². The third-order valence-corrected chi connectivity index (χ3v) is 5.15. The van der Waals surface area contributed by atoms with E-state index in [1.165, 1.54) is 6.07 Å². The summed E-state index contributed by atoms with van der Waals surface area (Å²) in [6.07, 6.45) is -2.61. The first-order valence-corrected chi connectivity index (χ1v) is 9.10. The first kappa shape index (κ1) is 21.3. The number of hydrogen-bond acceptors (Lipinski definition) is 2. The molecule has 0 spiro atoms. The van der Waals surface area contributed by atoms with Gasteiger partial charge in [0, 0.05) is 5.92 Å². The van der Waals surface area contributed by atoms with Gasteiger partial charge in [-0.2, -0.15) is 13.2 Å². The number of rotatable bonds is 4. The highest BCUT2D eigenvalue weighted by atomic mass is 19.4. The van der Waals surface area contributed by atoms with Gasteiger partial charge < -0.3 is 10.4 Å². The Morgan fingerprint density at radius 2 is 1.63 bits per heavy atom. The summed E-state index contributed by atoms with van der Waals surface area (Å²) in [5, 5.41) is 12.0. The van der Waals surface area contributed by atoms with Crippen LogP contribution in [-0.4, -0.2) is 17.0 Å². The molecule has 0 heterocycles. The lowest BCUT2D eigenvalue weighted by Gasteiger charge is -2.34. The van der Waals surface area contributed by atoms with Crippen LogP contribution in [0.3, 0.4) is 0 Å². The molecule has 1 aromatic rings. The molecule has 4 nitrogen and oxygen atoms in total. The molecule has 0 saturated heterocycles. The molecular formula is C20H26F3NO3. The molecule has 1 aliphatic rings. The van der Waals surface area contributed by atoms with Crippen molar-refractivity contribution in [3.63, 3.8) is 0 Å². The Morgan fingerprint density at radius 3 is 2.11 bits per heavy atom. The first-order chi connectivity index (χ1) is 12.4. The quantitative estimate of drug-likeness (QED) is 0.782. The van der Waals surface area contributed by atoms with Gasteiger partial charge in [0.25, 0.3) is 0 Å². The Morgan fingerprint density at radius 1 is 1.07 bits per heavy atom. The smallest absolute Gasteiger partial charge is 0.416 e. The minimum Gasteiger partial charge on any atom is -0.481 e. The number of halogens is 3. The lowest BCUT2D eigenvalue weighted by Crippen LogP contribution is -2.41. The van der Waals surface area contributed by atoms with Crippen LogP contribution in [0.25, 0.3) is 0 Å². The van der Waals surface area contributed by atoms with Crippen molar-refractivity contribution in [2.24, 2.45) is 17.3 Å². The normalized spacial score (nSPS) is 22.1. The van der Waals surface area contributed by atoms with Crippen LogP contribution in [0.15, 0.2) is 24.3 Å². The molecule has 0 radical (unpaired) electrons. The van der Waals surface area contributed by atoms with Crippen molar-refractivity contribution in [1.29, 1.82) is 0 Å². The van der Waals surface area contributed by atoms with Crippen LogP contribution >= 0.6 is 0 Å². The Bertz CT molecular complexity index is 686. The fraction of sp³-hybridized carbons (Fsp3) is 0.600. The van der Waals surface area contributed by atoms with Gasteiger partial charge in [-0.25, -0.2) is 0 Å². The van der Waals surface area contributed by atoms with Gasteiger partial charge in [0.15, 0.2) is 0 Å². The summed E-state index contributed by atoms with van der Waals surface area (Å²) in [5.41, 5.74) is -0.826. The van der Waals surface area contributed by atoms with Gasteiger partial charge in [0.1, 0.15) is 0 Å². The van der Waals surface area contributed by atoms with Crippen LogP contribution in [0.1, 0.15) is 63.6 Å². The first-order valence-electron chi connectivity index (χ1n) is 9.10. The zero-order chi connectivity index (χ0) is 20.4. The molecule has 1 atom stereocenters. The molecule has 0 aromatic heterocycles. The number of carboxylic acid groups (broad SMARTS) is 1. The molecule has 1 saturated carbocycles. The van der Waals surface area contributed by atoms with E-state index in [0.29, 0.717) is 31.2 Å². The molecule has 0 bridgehead atoms. The molecular weight excluding hydrogens is 359 g/mol. The predicted molar refractivity (Wildman–Crippen MR) is 94.9 cm³/mol. The zero-order valence-corrected chi connectivity index (χ0v) is 15.8. The molecule has 7 heteroatoms. The monoisotopic (exact) mass is 385 g/mol. The van der Waals surface area contributed by atoms with Crippen LogP contribution in [0.4, 0.5) is 13.2 Å². The average molecular weight is 385 g/mol. The highest BCUT2D eigenvalue weighted by molar-refractivity contribution is 5.80. The molecule has 150 valence electrons. The summed E-state index contributed by atoms with van der Waals surface area (Å²) < 4.78 is 39.1. The summed E-state index contributed by atoms with van der Waals surface area (Å²) in [6, 6.07) is 4.45. The number of alkyl halides is 3. The number of carbonyl (C=O) groups is 2.